The fraction of sp³-hybridized carbons (Fsp3) is 0.375. The van der Waals surface area contributed by atoms with Crippen molar-refractivity contribution in [3.05, 3.63) is 64.8 Å². The maximum atomic E-state index is 13.3. The molecule has 1 fully saturated rings. The number of para-hydroxylation sites is 1. The minimum atomic E-state index is -0.133. The average Bonchev–Trinajstić information content (AvgIpc) is 2.85. The number of carbonyl (C=O) groups is 1. The first kappa shape index (κ1) is 20.4. The smallest absolute Gasteiger partial charge is 0.255 e. The molecule has 1 amide bonds. The van der Waals surface area contributed by atoms with E-state index in [-0.39, 0.29) is 17.4 Å². The predicted molar refractivity (Wildman–Crippen MR) is 123 cm³/mol. The van der Waals surface area contributed by atoms with Crippen molar-refractivity contribution in [2.24, 2.45) is 13.0 Å². The van der Waals surface area contributed by atoms with Crippen LogP contribution >= 0.6 is 0 Å². The van der Waals surface area contributed by atoms with Gasteiger partial charge in [0.05, 0.1) is 11.4 Å². The van der Waals surface area contributed by atoms with Gasteiger partial charge in [-0.25, -0.2) is 15.0 Å². The van der Waals surface area contributed by atoms with Crippen LogP contribution in [-0.2, 0) is 18.3 Å². The van der Waals surface area contributed by atoms with Gasteiger partial charge in [0.15, 0.2) is 0 Å². The van der Waals surface area contributed by atoms with Gasteiger partial charge in [0.25, 0.3) is 5.56 Å². The Balaban J connectivity index is 1.33. The topological polar surface area (TPSA) is 84.2 Å². The zero-order chi connectivity index (χ0) is 22.1. The lowest BCUT2D eigenvalue weighted by Crippen LogP contribution is -2.45. The Labute approximate surface area is 186 Å². The number of carbonyl (C=O) groups excluding carboxylic acids is 1. The van der Waals surface area contributed by atoms with E-state index in [1.807, 2.05) is 17.0 Å². The molecule has 0 radical (unpaired) electrons. The second-order valence-electron chi connectivity index (χ2n) is 8.42. The summed E-state index contributed by atoms with van der Waals surface area (Å²) in [6.07, 6.45) is 6.60. The van der Waals surface area contributed by atoms with Crippen LogP contribution in [0.1, 0.15) is 24.8 Å². The van der Waals surface area contributed by atoms with E-state index in [4.69, 9.17) is 4.98 Å². The second kappa shape index (κ2) is 8.53. The van der Waals surface area contributed by atoms with Crippen molar-refractivity contribution in [3.8, 4) is 11.4 Å². The van der Waals surface area contributed by atoms with Crippen molar-refractivity contribution in [3.63, 3.8) is 0 Å². The highest BCUT2D eigenvalue weighted by Gasteiger charge is 2.32. The maximum Gasteiger partial charge on any atom is 0.255 e. The first-order valence-electron chi connectivity index (χ1n) is 11.1. The van der Waals surface area contributed by atoms with Gasteiger partial charge in [0.2, 0.25) is 11.9 Å². The molecule has 0 unspecified atom stereocenters. The SMILES string of the molecule is Cn1c(N2CCC(C(=O)N3CCCc4ccccc43)CC2)nc(-c2ccncn2)cc1=O. The standard InChI is InChI=1S/C24H26N6O2/c1-28-22(31)15-20(19-8-11-25-16-26-19)27-24(28)29-13-9-18(10-14-29)23(32)30-12-4-6-17-5-2-3-7-21(17)30/h2-3,5,7-8,11,15-16,18H,4,6,9-10,12-14H2,1H3. The summed E-state index contributed by atoms with van der Waals surface area (Å²) in [5.41, 5.74) is 3.34. The first-order chi connectivity index (χ1) is 15.6. The lowest BCUT2D eigenvalue weighted by atomic mass is 9.93. The average molecular weight is 431 g/mol. The van der Waals surface area contributed by atoms with E-state index in [9.17, 15) is 9.59 Å². The Morgan fingerprint density at radius 3 is 2.66 bits per heavy atom. The number of rotatable bonds is 3. The number of nitrogens with zero attached hydrogens (tertiary/aromatic N) is 6. The molecule has 164 valence electrons. The molecule has 4 heterocycles. The van der Waals surface area contributed by atoms with E-state index in [0.29, 0.717) is 30.4 Å². The summed E-state index contributed by atoms with van der Waals surface area (Å²) in [5, 5.41) is 0. The van der Waals surface area contributed by atoms with Gasteiger partial charge in [-0.3, -0.25) is 14.2 Å². The Hall–Kier alpha value is -3.55. The summed E-state index contributed by atoms with van der Waals surface area (Å²) in [7, 11) is 1.73. The van der Waals surface area contributed by atoms with Gasteiger partial charge < -0.3 is 9.80 Å². The number of hydrogen-bond acceptors (Lipinski definition) is 6. The molecule has 1 aromatic carbocycles. The molecule has 2 aliphatic heterocycles. The molecule has 8 heteroatoms. The van der Waals surface area contributed by atoms with Crippen molar-refractivity contribution in [1.29, 1.82) is 0 Å². The highest BCUT2D eigenvalue weighted by atomic mass is 16.2. The van der Waals surface area contributed by atoms with Crippen LogP contribution in [0, 0.1) is 5.92 Å². The van der Waals surface area contributed by atoms with Crippen LogP contribution in [0.5, 0.6) is 0 Å². The molecule has 0 spiro atoms. The summed E-state index contributed by atoms with van der Waals surface area (Å²) in [6, 6.07) is 11.5. The molecule has 0 aliphatic carbocycles. The van der Waals surface area contributed by atoms with Crippen molar-refractivity contribution in [2.75, 3.05) is 29.4 Å². The molecule has 0 bridgehead atoms. The number of benzene rings is 1. The van der Waals surface area contributed by atoms with E-state index in [2.05, 4.69) is 27.0 Å². The molecular formula is C24H26N6O2. The van der Waals surface area contributed by atoms with Crippen LogP contribution in [-0.4, -0.2) is 45.1 Å². The Kier molecular flexibility index (Phi) is 5.43. The fourth-order valence-corrected chi connectivity index (χ4v) is 4.69. The van der Waals surface area contributed by atoms with Crippen LogP contribution in [0.25, 0.3) is 11.4 Å². The minimum absolute atomic E-state index is 0.0144. The fourth-order valence-electron chi connectivity index (χ4n) is 4.69. The normalized spacial score (nSPS) is 16.7. The Morgan fingerprint density at radius 2 is 1.88 bits per heavy atom. The van der Waals surface area contributed by atoms with Gasteiger partial charge in [-0.1, -0.05) is 18.2 Å². The molecule has 5 rings (SSSR count). The van der Waals surface area contributed by atoms with E-state index in [0.717, 1.165) is 37.9 Å². The van der Waals surface area contributed by atoms with Crippen LogP contribution in [0.15, 0.2) is 53.7 Å². The van der Waals surface area contributed by atoms with Gasteiger partial charge in [-0.2, -0.15) is 0 Å². The summed E-state index contributed by atoms with van der Waals surface area (Å²) in [6.45, 7) is 2.14. The van der Waals surface area contributed by atoms with Gasteiger partial charge >= 0.3 is 0 Å². The summed E-state index contributed by atoms with van der Waals surface area (Å²) in [5.74, 6) is 0.813. The number of aryl methyl sites for hydroxylation is 1. The van der Waals surface area contributed by atoms with Gasteiger partial charge in [0.1, 0.15) is 6.33 Å². The molecule has 2 aliphatic rings. The van der Waals surface area contributed by atoms with E-state index in [1.165, 1.54) is 18.0 Å². The largest absolute Gasteiger partial charge is 0.342 e. The maximum absolute atomic E-state index is 13.3. The Bertz CT molecular complexity index is 1180. The first-order valence-corrected chi connectivity index (χ1v) is 11.1. The number of amides is 1. The number of piperidine rings is 1. The monoisotopic (exact) mass is 430 g/mol. The van der Waals surface area contributed by atoms with Crippen molar-refractivity contribution >= 4 is 17.5 Å². The zero-order valence-corrected chi connectivity index (χ0v) is 18.1. The molecule has 0 atom stereocenters. The number of aromatic nitrogens is 4. The second-order valence-corrected chi connectivity index (χ2v) is 8.42. The van der Waals surface area contributed by atoms with Crippen molar-refractivity contribution < 1.29 is 4.79 Å². The quantitative estimate of drug-likeness (QED) is 0.635. The Morgan fingerprint density at radius 1 is 1.06 bits per heavy atom. The number of hydrogen-bond donors (Lipinski definition) is 0. The third kappa shape index (κ3) is 3.77. The minimum Gasteiger partial charge on any atom is -0.342 e. The highest BCUT2D eigenvalue weighted by Crippen LogP contribution is 2.31. The van der Waals surface area contributed by atoms with Crippen molar-refractivity contribution in [1.82, 2.24) is 19.5 Å². The van der Waals surface area contributed by atoms with Crippen LogP contribution in [0.2, 0.25) is 0 Å². The number of fused-ring (bicyclic) bond motifs is 1. The zero-order valence-electron chi connectivity index (χ0n) is 18.1. The third-order valence-electron chi connectivity index (χ3n) is 6.46. The lowest BCUT2D eigenvalue weighted by molar-refractivity contribution is -0.123. The summed E-state index contributed by atoms with van der Waals surface area (Å²) < 4.78 is 1.56. The molecule has 8 nitrogen and oxygen atoms in total. The van der Waals surface area contributed by atoms with E-state index < -0.39 is 0 Å². The van der Waals surface area contributed by atoms with E-state index in [1.54, 1.807) is 23.9 Å². The predicted octanol–water partition coefficient (Wildman–Crippen LogP) is 2.43. The molecule has 2 aromatic heterocycles. The van der Waals surface area contributed by atoms with Gasteiger partial charge in [-0.05, 0) is 43.4 Å². The molecular weight excluding hydrogens is 404 g/mol. The molecule has 1 saturated heterocycles. The van der Waals surface area contributed by atoms with Crippen molar-refractivity contribution in [2.45, 2.75) is 25.7 Å². The highest BCUT2D eigenvalue weighted by molar-refractivity contribution is 5.96. The van der Waals surface area contributed by atoms with E-state index >= 15 is 0 Å². The van der Waals surface area contributed by atoms with Gasteiger partial charge in [-0.15, -0.1) is 0 Å². The molecule has 0 saturated carbocycles. The number of anilines is 2. The van der Waals surface area contributed by atoms with Gasteiger partial charge in [0, 0.05) is 50.6 Å². The lowest BCUT2D eigenvalue weighted by Gasteiger charge is -2.37. The molecule has 0 N–H and O–H groups in total. The molecule has 32 heavy (non-hydrogen) atoms. The van der Waals surface area contributed by atoms with Crippen LogP contribution < -0.4 is 15.4 Å². The third-order valence-corrected chi connectivity index (χ3v) is 6.46. The summed E-state index contributed by atoms with van der Waals surface area (Å²) >= 11 is 0. The molecule has 3 aromatic rings. The van der Waals surface area contributed by atoms with Crippen LogP contribution in [0.3, 0.4) is 0 Å². The van der Waals surface area contributed by atoms with Crippen LogP contribution in [0.4, 0.5) is 11.6 Å². The summed E-state index contributed by atoms with van der Waals surface area (Å²) in [4.78, 5) is 42.9.